The van der Waals surface area contributed by atoms with E-state index in [2.05, 4.69) is 10.3 Å². The van der Waals surface area contributed by atoms with Crippen LogP contribution in [-0.2, 0) is 0 Å². The number of aromatic amines is 1. The van der Waals surface area contributed by atoms with Crippen LogP contribution in [-0.4, -0.2) is 15.5 Å². The van der Waals surface area contributed by atoms with Crippen molar-refractivity contribution in [3.8, 4) is 5.69 Å². The molecule has 0 aliphatic rings. The topological polar surface area (TPSA) is 66.9 Å². The van der Waals surface area contributed by atoms with Gasteiger partial charge in [0.2, 0.25) is 0 Å². The number of nitrogens with one attached hydrogen (secondary N) is 2. The second-order valence-corrected chi connectivity index (χ2v) is 7.33. The molecule has 2 N–H and O–H groups in total. The van der Waals surface area contributed by atoms with Gasteiger partial charge in [-0.15, -0.1) is 0 Å². The van der Waals surface area contributed by atoms with Crippen LogP contribution in [0.1, 0.15) is 21.5 Å². The highest BCUT2D eigenvalue weighted by atomic mass is 32.1. The fourth-order valence-electron chi connectivity index (χ4n) is 3.32. The van der Waals surface area contributed by atoms with E-state index in [4.69, 9.17) is 12.2 Å². The highest BCUT2D eigenvalue weighted by Crippen LogP contribution is 2.18. The Hall–Kier alpha value is -3.51. The van der Waals surface area contributed by atoms with Crippen LogP contribution in [0.15, 0.2) is 71.5 Å². The Balaban J connectivity index is 1.74. The number of rotatable bonds is 3. The van der Waals surface area contributed by atoms with Gasteiger partial charge in [-0.1, -0.05) is 35.9 Å². The van der Waals surface area contributed by atoms with Gasteiger partial charge in [0.25, 0.3) is 11.5 Å². The lowest BCUT2D eigenvalue weighted by molar-refractivity contribution is 0.102. The third-order valence-electron chi connectivity index (χ3n) is 4.80. The molecule has 0 spiro atoms. The number of aromatic nitrogens is 2. The number of aryl methyl sites for hydroxylation is 2. The minimum absolute atomic E-state index is 0.226. The molecule has 0 fully saturated rings. The minimum atomic E-state index is -0.245. The van der Waals surface area contributed by atoms with Crippen molar-refractivity contribution in [1.82, 2.24) is 9.55 Å². The number of benzene rings is 3. The van der Waals surface area contributed by atoms with Crippen molar-refractivity contribution in [2.24, 2.45) is 0 Å². The van der Waals surface area contributed by atoms with Gasteiger partial charge in [0.1, 0.15) is 0 Å². The molecule has 4 aromatic rings. The second-order valence-electron chi connectivity index (χ2n) is 6.94. The fourth-order valence-corrected chi connectivity index (χ4v) is 3.62. The van der Waals surface area contributed by atoms with Crippen molar-refractivity contribution in [3.63, 3.8) is 0 Å². The van der Waals surface area contributed by atoms with E-state index < -0.39 is 0 Å². The summed E-state index contributed by atoms with van der Waals surface area (Å²) in [6.07, 6.45) is 0. The van der Waals surface area contributed by atoms with Gasteiger partial charge in [-0.2, -0.15) is 0 Å². The number of anilines is 1. The molecule has 1 aromatic heterocycles. The smallest absolute Gasteiger partial charge is 0.266 e. The molecule has 6 heteroatoms. The van der Waals surface area contributed by atoms with Crippen LogP contribution in [0.3, 0.4) is 0 Å². The predicted octanol–water partition coefficient (Wildman–Crippen LogP) is 4.92. The van der Waals surface area contributed by atoms with Crippen LogP contribution in [0.5, 0.6) is 0 Å². The molecule has 0 unspecified atom stereocenters. The van der Waals surface area contributed by atoms with Crippen LogP contribution in [0.25, 0.3) is 16.6 Å². The van der Waals surface area contributed by atoms with Gasteiger partial charge >= 0.3 is 0 Å². The molecule has 0 aliphatic heterocycles. The molecule has 1 amide bonds. The molecular formula is C23H19N3O2S. The third kappa shape index (κ3) is 3.62. The molecule has 3 aromatic carbocycles. The van der Waals surface area contributed by atoms with Gasteiger partial charge in [-0.05, 0) is 68.0 Å². The highest BCUT2D eigenvalue weighted by molar-refractivity contribution is 7.71. The summed E-state index contributed by atoms with van der Waals surface area (Å²) in [5.41, 5.74) is 4.32. The maximum atomic E-state index is 13.0. The summed E-state index contributed by atoms with van der Waals surface area (Å²) < 4.78 is 1.73. The van der Waals surface area contributed by atoms with Crippen LogP contribution >= 0.6 is 12.2 Å². The third-order valence-corrected chi connectivity index (χ3v) is 5.09. The van der Waals surface area contributed by atoms with E-state index in [1.54, 1.807) is 18.2 Å². The first-order valence-corrected chi connectivity index (χ1v) is 9.58. The normalized spacial score (nSPS) is 10.8. The monoisotopic (exact) mass is 401 g/mol. The van der Waals surface area contributed by atoms with E-state index in [1.807, 2.05) is 62.4 Å². The zero-order valence-corrected chi connectivity index (χ0v) is 16.8. The van der Waals surface area contributed by atoms with Crippen molar-refractivity contribution < 1.29 is 4.79 Å². The van der Waals surface area contributed by atoms with Crippen molar-refractivity contribution in [2.45, 2.75) is 13.8 Å². The standard InChI is InChI=1S/C23H19N3O2S/c1-14-8-11-19(15(2)12-14)24-21(27)16-9-10-18-20(13-16)25-23(29)26(22(18)28)17-6-4-3-5-7-17/h3-13H,1-2H3,(H,24,27)(H,25,29). The van der Waals surface area contributed by atoms with Crippen LogP contribution in [0, 0.1) is 18.6 Å². The van der Waals surface area contributed by atoms with Crippen LogP contribution < -0.4 is 10.9 Å². The average Bonchev–Trinajstić information content (AvgIpc) is 2.70. The van der Waals surface area contributed by atoms with Crippen molar-refractivity contribution in [2.75, 3.05) is 5.32 Å². The molecule has 5 nitrogen and oxygen atoms in total. The number of carbonyl (C=O) groups is 1. The number of nitrogens with zero attached hydrogens (tertiary/aromatic N) is 1. The van der Waals surface area contributed by atoms with Crippen molar-refractivity contribution >= 4 is 34.7 Å². The molecule has 0 atom stereocenters. The predicted molar refractivity (Wildman–Crippen MR) is 119 cm³/mol. The quantitative estimate of drug-likeness (QED) is 0.479. The van der Waals surface area contributed by atoms with E-state index in [0.717, 1.165) is 16.8 Å². The Bertz CT molecular complexity index is 1350. The minimum Gasteiger partial charge on any atom is -0.331 e. The Morgan fingerprint density at radius 1 is 1.00 bits per heavy atom. The van der Waals surface area contributed by atoms with E-state index >= 15 is 0 Å². The molecule has 0 saturated carbocycles. The number of fused-ring (bicyclic) bond motifs is 1. The molecule has 0 radical (unpaired) electrons. The van der Waals surface area contributed by atoms with Crippen LogP contribution in [0.4, 0.5) is 5.69 Å². The van der Waals surface area contributed by atoms with Crippen molar-refractivity contribution in [1.29, 1.82) is 0 Å². The van der Waals surface area contributed by atoms with Crippen LogP contribution in [0.2, 0.25) is 0 Å². The van der Waals surface area contributed by atoms with Gasteiger partial charge in [-0.3, -0.25) is 14.2 Å². The van der Waals surface area contributed by atoms with E-state index in [0.29, 0.717) is 22.2 Å². The summed E-state index contributed by atoms with van der Waals surface area (Å²) in [6.45, 7) is 3.96. The highest BCUT2D eigenvalue weighted by Gasteiger charge is 2.12. The second kappa shape index (κ2) is 7.48. The summed E-state index contributed by atoms with van der Waals surface area (Å²) >= 11 is 5.40. The maximum absolute atomic E-state index is 13.0. The molecule has 0 saturated heterocycles. The fraction of sp³-hybridized carbons (Fsp3) is 0.0870. The van der Waals surface area contributed by atoms with Gasteiger partial charge < -0.3 is 10.3 Å². The Labute approximate surface area is 172 Å². The number of para-hydroxylation sites is 1. The number of carbonyl (C=O) groups excluding carboxylic acids is 1. The summed E-state index contributed by atoms with van der Waals surface area (Å²) in [6, 6.07) is 20.0. The number of hydrogen-bond acceptors (Lipinski definition) is 3. The zero-order chi connectivity index (χ0) is 20.5. The lowest BCUT2D eigenvalue weighted by Gasteiger charge is -2.11. The molecular weight excluding hydrogens is 382 g/mol. The first-order chi connectivity index (χ1) is 13.9. The van der Waals surface area contributed by atoms with E-state index in [-0.39, 0.29) is 16.2 Å². The van der Waals surface area contributed by atoms with Gasteiger partial charge in [0.05, 0.1) is 16.6 Å². The summed E-state index contributed by atoms with van der Waals surface area (Å²) in [7, 11) is 0. The van der Waals surface area contributed by atoms with Crippen molar-refractivity contribution in [3.05, 3.63) is 98.5 Å². The molecule has 0 aliphatic carbocycles. The molecule has 1 heterocycles. The SMILES string of the molecule is Cc1ccc(NC(=O)c2ccc3c(=O)n(-c4ccccc4)c(=S)[nH]c3c2)c(C)c1. The Morgan fingerprint density at radius 3 is 2.48 bits per heavy atom. The van der Waals surface area contributed by atoms with Gasteiger partial charge in [0.15, 0.2) is 4.77 Å². The van der Waals surface area contributed by atoms with E-state index in [9.17, 15) is 9.59 Å². The number of H-pyrrole nitrogens is 1. The Morgan fingerprint density at radius 2 is 1.76 bits per heavy atom. The molecule has 0 bridgehead atoms. The summed E-state index contributed by atoms with van der Waals surface area (Å²) in [4.78, 5) is 28.8. The lowest BCUT2D eigenvalue weighted by Crippen LogP contribution is -2.21. The maximum Gasteiger partial charge on any atom is 0.266 e. The summed E-state index contributed by atoms with van der Waals surface area (Å²) in [5, 5.41) is 3.39. The first kappa shape index (κ1) is 18.8. The van der Waals surface area contributed by atoms with E-state index in [1.165, 1.54) is 4.57 Å². The number of hydrogen-bond donors (Lipinski definition) is 2. The number of amides is 1. The summed E-state index contributed by atoms with van der Waals surface area (Å²) in [5.74, 6) is -0.245. The molecule has 29 heavy (non-hydrogen) atoms. The van der Waals surface area contributed by atoms with Gasteiger partial charge in [0, 0.05) is 11.3 Å². The molecule has 4 rings (SSSR count). The lowest BCUT2D eigenvalue weighted by atomic mass is 10.1. The van der Waals surface area contributed by atoms with Gasteiger partial charge in [-0.25, -0.2) is 0 Å². The largest absolute Gasteiger partial charge is 0.331 e. The molecule has 144 valence electrons. The first-order valence-electron chi connectivity index (χ1n) is 9.17. The average molecular weight is 401 g/mol. The Kier molecular flexibility index (Phi) is 4.86. The zero-order valence-electron chi connectivity index (χ0n) is 16.0.